The Morgan fingerprint density at radius 3 is 1.26 bits per heavy atom. The van der Waals surface area contributed by atoms with Crippen molar-refractivity contribution in [3.05, 3.63) is 413 Å². The van der Waals surface area contributed by atoms with Crippen LogP contribution in [0.15, 0.2) is 422 Å². The monoisotopic (exact) mass is 1430 g/mol. The van der Waals surface area contributed by atoms with Crippen LogP contribution in [-0.4, -0.2) is 18.0 Å². The quantitative estimate of drug-likeness (QED) is 0.107. The van der Waals surface area contributed by atoms with Crippen LogP contribution in [0.4, 0.5) is 85.3 Å². The molecule has 111 heavy (non-hydrogen) atoms. The molecule has 0 atom stereocenters. The summed E-state index contributed by atoms with van der Waals surface area (Å²) in [5, 5.41) is 2.40. The van der Waals surface area contributed by atoms with Gasteiger partial charge in [0.05, 0.1) is 39.5 Å². The summed E-state index contributed by atoms with van der Waals surface area (Å²) in [6.45, 7) is -0.445. The summed E-state index contributed by atoms with van der Waals surface area (Å²) in [5.74, 6) is 0. The molecule has 0 N–H and O–H groups in total. The molecule has 0 spiro atoms. The van der Waals surface area contributed by atoms with Crippen molar-refractivity contribution in [1.82, 2.24) is 4.57 Å². The van der Waals surface area contributed by atoms with Crippen LogP contribution in [0.3, 0.4) is 0 Å². The number of anilines is 15. The molecule has 18 aromatic rings. The molecule has 0 radical (unpaired) electrons. The van der Waals surface area contributed by atoms with Gasteiger partial charge in [-0.15, -0.1) is 0 Å². The maximum atomic E-state index is 2.72. The molecule has 0 aliphatic carbocycles. The Hall–Kier alpha value is -14.0. The minimum absolute atomic E-state index is 0.199. The van der Waals surface area contributed by atoms with E-state index in [-0.39, 0.29) is 13.4 Å². The predicted molar refractivity (Wildman–Crippen MR) is 470 cm³/mol. The van der Waals surface area contributed by atoms with E-state index >= 15 is 0 Å². The zero-order valence-corrected chi connectivity index (χ0v) is 61.3. The second-order valence-corrected chi connectivity index (χ2v) is 30.1. The van der Waals surface area contributed by atoms with E-state index in [4.69, 9.17) is 0 Å². The SMILES string of the molecule is c1ccc(-c2ccccc2N(c2ccccc2)c2cc3c4c(c2)N(c2ccccc2-c2ccccc2)c2ccccc2B4c2cc4c(cc2S3)N(c2c(-c3ccccc3)cccc2-n2c3ccccc3c3ccccc32)c2cc(N(c3ccccc3)c3ccccc3)cc3c2B4c2ccccc2N3c2ccccc2)cc1. The molecule has 0 unspecified atom stereocenters. The Kier molecular flexibility index (Phi) is 15.3. The Labute approximate surface area is 651 Å². The number of hydrogen-bond acceptors (Lipinski definition) is 6. The second-order valence-electron chi connectivity index (χ2n) is 29.0. The highest BCUT2D eigenvalue weighted by molar-refractivity contribution is 8.00. The molecule has 0 bridgehead atoms. The third kappa shape index (κ3) is 10.4. The fourth-order valence-corrected chi connectivity index (χ4v) is 19.6. The number of para-hydroxylation sites is 11. The first-order valence-electron chi connectivity index (χ1n) is 38.2. The van der Waals surface area contributed by atoms with Crippen molar-refractivity contribution in [2.45, 2.75) is 9.79 Å². The van der Waals surface area contributed by atoms with Crippen LogP contribution < -0.4 is 57.3 Å². The number of aromatic nitrogens is 1. The zero-order valence-electron chi connectivity index (χ0n) is 60.5. The lowest BCUT2D eigenvalue weighted by molar-refractivity contribution is 1.15. The summed E-state index contributed by atoms with van der Waals surface area (Å²) in [7, 11) is 0. The minimum Gasteiger partial charge on any atom is -0.311 e. The van der Waals surface area contributed by atoms with Crippen molar-refractivity contribution in [3.63, 3.8) is 0 Å². The fraction of sp³-hybridized carbons (Fsp3) is 0. The van der Waals surface area contributed by atoms with Crippen LogP contribution >= 0.6 is 11.8 Å². The van der Waals surface area contributed by atoms with Gasteiger partial charge < -0.3 is 29.1 Å². The molecule has 0 amide bonds. The van der Waals surface area contributed by atoms with Crippen LogP contribution in [0.2, 0.25) is 0 Å². The summed E-state index contributed by atoms with van der Waals surface area (Å²) < 4.78 is 2.54. The average Bonchev–Trinajstić information content (AvgIpc) is 1.04. The second kappa shape index (κ2) is 26.5. The van der Waals surface area contributed by atoms with Gasteiger partial charge in [0, 0.05) is 99.8 Å². The van der Waals surface area contributed by atoms with Gasteiger partial charge in [-0.25, -0.2) is 0 Å². The fourth-order valence-electron chi connectivity index (χ4n) is 18.4. The maximum Gasteiger partial charge on any atom is 0.252 e. The summed E-state index contributed by atoms with van der Waals surface area (Å²) in [6.07, 6.45) is 0. The van der Waals surface area contributed by atoms with Gasteiger partial charge in [-0.1, -0.05) is 308 Å². The molecular weight excluding hydrogens is 1360 g/mol. The van der Waals surface area contributed by atoms with Gasteiger partial charge in [-0.3, -0.25) is 0 Å². The van der Waals surface area contributed by atoms with E-state index in [0.717, 1.165) is 135 Å². The topological polar surface area (TPSA) is 21.1 Å². The molecule has 9 heteroatoms. The van der Waals surface area contributed by atoms with Crippen molar-refractivity contribution in [2.75, 3.05) is 24.5 Å². The van der Waals surface area contributed by atoms with E-state index < -0.39 is 0 Å². The molecule has 1 aromatic heterocycles. The molecular formula is C102H68B2N6S. The number of fused-ring (bicyclic) bond motifs is 11. The number of nitrogens with zero attached hydrogens (tertiary/aromatic N) is 6. The van der Waals surface area contributed by atoms with Crippen molar-refractivity contribution < 1.29 is 0 Å². The molecule has 4 aliphatic rings. The maximum absolute atomic E-state index is 2.72. The van der Waals surface area contributed by atoms with E-state index in [0.29, 0.717) is 0 Å². The normalized spacial score (nSPS) is 12.7. The minimum atomic E-state index is -0.246. The van der Waals surface area contributed by atoms with E-state index in [1.54, 1.807) is 0 Å². The van der Waals surface area contributed by atoms with Gasteiger partial charge in [0.2, 0.25) is 6.71 Å². The van der Waals surface area contributed by atoms with Gasteiger partial charge in [0.15, 0.2) is 0 Å². The van der Waals surface area contributed by atoms with Crippen LogP contribution in [0, 0.1) is 0 Å². The first kappa shape index (κ1) is 64.2. The highest BCUT2D eigenvalue weighted by Crippen LogP contribution is 2.55. The van der Waals surface area contributed by atoms with E-state index in [9.17, 15) is 0 Å². The smallest absolute Gasteiger partial charge is 0.252 e. The summed E-state index contributed by atoms with van der Waals surface area (Å²) in [4.78, 5) is 15.2. The van der Waals surface area contributed by atoms with E-state index in [1.165, 1.54) is 53.3 Å². The van der Waals surface area contributed by atoms with Crippen molar-refractivity contribution in [3.8, 4) is 39.1 Å². The van der Waals surface area contributed by atoms with Gasteiger partial charge in [0.25, 0.3) is 6.71 Å². The largest absolute Gasteiger partial charge is 0.311 e. The first-order chi connectivity index (χ1) is 55.1. The highest BCUT2D eigenvalue weighted by Gasteiger charge is 2.49. The molecule has 5 heterocycles. The van der Waals surface area contributed by atoms with Crippen molar-refractivity contribution in [1.29, 1.82) is 0 Å². The van der Waals surface area contributed by atoms with Gasteiger partial charge in [-0.2, -0.15) is 0 Å². The lowest BCUT2D eigenvalue weighted by Crippen LogP contribution is -2.64. The Morgan fingerprint density at radius 1 is 0.234 bits per heavy atom. The molecule has 518 valence electrons. The first-order valence-corrected chi connectivity index (χ1v) is 39.0. The molecule has 0 fully saturated rings. The summed E-state index contributed by atoms with van der Waals surface area (Å²) >= 11 is 1.91. The van der Waals surface area contributed by atoms with Gasteiger partial charge in [0.1, 0.15) is 0 Å². The van der Waals surface area contributed by atoms with Crippen LogP contribution in [0.25, 0.3) is 60.9 Å². The molecule has 17 aromatic carbocycles. The molecule has 0 saturated carbocycles. The number of rotatable bonds is 13. The van der Waals surface area contributed by atoms with E-state index in [1.807, 2.05) is 11.8 Å². The summed E-state index contributed by atoms with van der Waals surface area (Å²) in [6, 6.07) is 154. The molecule has 4 aliphatic heterocycles. The Bertz CT molecular complexity index is 6570. The molecule has 6 nitrogen and oxygen atoms in total. The molecule has 22 rings (SSSR count). The third-order valence-electron chi connectivity index (χ3n) is 22.9. The van der Waals surface area contributed by atoms with Crippen molar-refractivity contribution in [2.24, 2.45) is 0 Å². The average molecular weight is 1430 g/mol. The van der Waals surface area contributed by atoms with Gasteiger partial charge >= 0.3 is 0 Å². The highest BCUT2D eigenvalue weighted by atomic mass is 32.2. The van der Waals surface area contributed by atoms with Crippen LogP contribution in [0.5, 0.6) is 0 Å². The standard InChI is InChI=1S/C102H68B2N6S/c1-8-35-69(36-9-1)78-49-22-28-56-87(78)106(74-45-18-6-19-46-74)77-65-97-101-99(66-77)111-98-68-94-85(67-86(98)104(101)84-55-27-33-61-92(84)109(97)88-57-29-23-50-79(88)70-37-10-2-11-38-70)103-83-54-26-32-60-91(83)107(75-47-20-7-21-48-75)95-63-76(105(72-41-14-4-15-42-72)73-43-16-5-17-44-73)64-96(100(95)103)110(94)102-80(71-39-12-3-13-40-71)53-34-62-93(102)108-89-58-30-24-51-81(89)82-52-25-31-59-90(82)108/h1-68H. The Balaban J connectivity index is 0.877. The van der Waals surface area contributed by atoms with Crippen LogP contribution in [-0.2, 0) is 0 Å². The molecule has 0 saturated heterocycles. The summed E-state index contributed by atoms with van der Waals surface area (Å²) in [5.41, 5.74) is 34.0. The third-order valence-corrected chi connectivity index (χ3v) is 24.1. The predicted octanol–water partition coefficient (Wildman–Crippen LogP) is 23.6. The number of benzene rings is 17. The Morgan fingerprint density at radius 2 is 0.658 bits per heavy atom. The van der Waals surface area contributed by atoms with Crippen LogP contribution in [0.1, 0.15) is 0 Å². The lowest BCUT2D eigenvalue weighted by Gasteiger charge is -2.46. The van der Waals surface area contributed by atoms with Gasteiger partial charge in [-0.05, 0) is 165 Å². The lowest BCUT2D eigenvalue weighted by atomic mass is 9.31. The van der Waals surface area contributed by atoms with Crippen molar-refractivity contribution >= 4 is 165 Å². The van der Waals surface area contributed by atoms with E-state index in [2.05, 4.69) is 442 Å². The number of hydrogen-bond donors (Lipinski definition) is 0. The zero-order chi connectivity index (χ0) is 73.0.